The lowest BCUT2D eigenvalue weighted by molar-refractivity contribution is -0.115. The maximum atomic E-state index is 13.1. The van der Waals surface area contributed by atoms with Gasteiger partial charge in [0.2, 0.25) is 5.91 Å². The summed E-state index contributed by atoms with van der Waals surface area (Å²) < 4.78 is 7.29. The second kappa shape index (κ2) is 8.50. The molecule has 0 saturated carbocycles. The summed E-state index contributed by atoms with van der Waals surface area (Å²) in [7, 11) is 1.66. The SMILES string of the molecule is COc1ccc(CC(=O)Nc2cc(C(C)(C)C)nn2-c2ccc(C)cc2)c2ccccc12. The minimum atomic E-state index is -0.137. The van der Waals surface area contributed by atoms with Crippen LogP contribution >= 0.6 is 0 Å². The third-order valence-corrected chi connectivity index (χ3v) is 5.57. The van der Waals surface area contributed by atoms with Crippen LogP contribution in [0.2, 0.25) is 0 Å². The summed E-state index contributed by atoms with van der Waals surface area (Å²) in [5.41, 5.74) is 3.83. The largest absolute Gasteiger partial charge is 0.496 e. The highest BCUT2D eigenvalue weighted by Crippen LogP contribution is 2.30. The van der Waals surface area contributed by atoms with Crippen LogP contribution in [0, 0.1) is 6.92 Å². The number of aryl methyl sites for hydroxylation is 1. The minimum Gasteiger partial charge on any atom is -0.496 e. The average Bonchev–Trinajstić information content (AvgIpc) is 3.18. The lowest BCUT2D eigenvalue weighted by Gasteiger charge is -2.14. The molecule has 0 spiro atoms. The van der Waals surface area contributed by atoms with E-state index in [0.29, 0.717) is 5.82 Å². The summed E-state index contributed by atoms with van der Waals surface area (Å²) in [4.78, 5) is 13.1. The number of amides is 1. The highest BCUT2D eigenvalue weighted by atomic mass is 16.5. The monoisotopic (exact) mass is 427 g/mol. The third-order valence-electron chi connectivity index (χ3n) is 5.57. The molecule has 0 radical (unpaired) electrons. The molecule has 0 atom stereocenters. The van der Waals surface area contributed by atoms with Crippen molar-refractivity contribution >= 4 is 22.5 Å². The van der Waals surface area contributed by atoms with Gasteiger partial charge in [-0.2, -0.15) is 5.10 Å². The molecule has 0 bridgehead atoms. The number of hydrogen-bond donors (Lipinski definition) is 1. The summed E-state index contributed by atoms with van der Waals surface area (Å²) in [5, 5.41) is 9.91. The molecule has 4 aromatic rings. The summed E-state index contributed by atoms with van der Waals surface area (Å²) in [6.07, 6.45) is 0.258. The quantitative estimate of drug-likeness (QED) is 0.436. The van der Waals surface area contributed by atoms with Crippen LogP contribution < -0.4 is 10.1 Å². The molecule has 0 aliphatic rings. The number of anilines is 1. The van der Waals surface area contributed by atoms with Crippen LogP contribution in [0.3, 0.4) is 0 Å². The highest BCUT2D eigenvalue weighted by molar-refractivity contribution is 5.97. The molecular formula is C27H29N3O2. The Bertz CT molecular complexity index is 1260. The standard InChI is InChI=1S/C27H29N3O2/c1-18-10-13-20(14-11-18)30-25(17-24(29-30)27(2,3)4)28-26(31)16-19-12-15-23(32-5)22-9-7-6-8-21(19)22/h6-15,17H,16H2,1-5H3,(H,28,31). The van der Waals surface area contributed by atoms with E-state index in [4.69, 9.17) is 9.84 Å². The van der Waals surface area contributed by atoms with Crippen molar-refractivity contribution in [1.82, 2.24) is 9.78 Å². The van der Waals surface area contributed by atoms with E-state index >= 15 is 0 Å². The van der Waals surface area contributed by atoms with E-state index in [-0.39, 0.29) is 17.7 Å². The molecule has 0 aliphatic carbocycles. The van der Waals surface area contributed by atoms with Gasteiger partial charge in [0.15, 0.2) is 0 Å². The molecule has 0 saturated heterocycles. The van der Waals surface area contributed by atoms with Gasteiger partial charge >= 0.3 is 0 Å². The molecule has 1 amide bonds. The molecule has 5 heteroatoms. The fraction of sp³-hybridized carbons (Fsp3) is 0.259. The zero-order valence-electron chi connectivity index (χ0n) is 19.3. The Morgan fingerprint density at radius 3 is 2.34 bits per heavy atom. The first-order valence-corrected chi connectivity index (χ1v) is 10.8. The van der Waals surface area contributed by atoms with Crippen molar-refractivity contribution in [3.05, 3.63) is 83.6 Å². The smallest absolute Gasteiger partial charge is 0.229 e. The Labute approximate surface area is 189 Å². The number of carbonyl (C=O) groups excluding carboxylic acids is 1. The molecule has 1 aromatic heterocycles. The molecule has 3 aromatic carbocycles. The maximum Gasteiger partial charge on any atom is 0.229 e. The molecular weight excluding hydrogens is 398 g/mol. The van der Waals surface area contributed by atoms with Crippen molar-refractivity contribution in [3.63, 3.8) is 0 Å². The molecule has 4 rings (SSSR count). The first-order valence-electron chi connectivity index (χ1n) is 10.8. The van der Waals surface area contributed by atoms with E-state index in [1.807, 2.05) is 71.4 Å². The van der Waals surface area contributed by atoms with Crippen molar-refractivity contribution in [1.29, 1.82) is 0 Å². The fourth-order valence-electron chi connectivity index (χ4n) is 3.75. The Morgan fingerprint density at radius 2 is 1.69 bits per heavy atom. The number of rotatable bonds is 5. The van der Waals surface area contributed by atoms with Crippen molar-refractivity contribution in [2.24, 2.45) is 0 Å². The lowest BCUT2D eigenvalue weighted by Crippen LogP contribution is -2.17. The predicted molar refractivity (Wildman–Crippen MR) is 130 cm³/mol. The number of carbonyl (C=O) groups is 1. The lowest BCUT2D eigenvalue weighted by atomic mass is 9.92. The topological polar surface area (TPSA) is 56.1 Å². The molecule has 5 nitrogen and oxygen atoms in total. The van der Waals surface area contributed by atoms with E-state index in [1.165, 1.54) is 5.56 Å². The van der Waals surface area contributed by atoms with Gasteiger partial charge in [-0.05, 0) is 36.1 Å². The molecule has 164 valence electrons. The van der Waals surface area contributed by atoms with Crippen LogP contribution in [0.4, 0.5) is 5.82 Å². The van der Waals surface area contributed by atoms with Gasteiger partial charge in [-0.15, -0.1) is 0 Å². The van der Waals surface area contributed by atoms with E-state index in [0.717, 1.165) is 33.5 Å². The van der Waals surface area contributed by atoms with Gasteiger partial charge in [-0.25, -0.2) is 4.68 Å². The van der Waals surface area contributed by atoms with Crippen molar-refractivity contribution in [2.45, 2.75) is 39.5 Å². The van der Waals surface area contributed by atoms with Gasteiger partial charge in [0.25, 0.3) is 0 Å². The molecule has 32 heavy (non-hydrogen) atoms. The first kappa shape index (κ1) is 21.6. The van der Waals surface area contributed by atoms with E-state index < -0.39 is 0 Å². The summed E-state index contributed by atoms with van der Waals surface area (Å²) >= 11 is 0. The molecule has 1 heterocycles. The number of hydrogen-bond acceptors (Lipinski definition) is 3. The zero-order valence-corrected chi connectivity index (χ0v) is 19.3. The van der Waals surface area contributed by atoms with Gasteiger partial charge in [0.1, 0.15) is 11.6 Å². The number of nitrogens with zero attached hydrogens (tertiary/aromatic N) is 2. The molecule has 1 N–H and O–H groups in total. The second-order valence-electron chi connectivity index (χ2n) is 9.11. The minimum absolute atomic E-state index is 0.0889. The van der Waals surface area contributed by atoms with Gasteiger partial charge in [-0.3, -0.25) is 4.79 Å². The Balaban J connectivity index is 1.66. The predicted octanol–water partition coefficient (Wildman–Crippen LogP) is 5.82. The van der Waals surface area contributed by atoms with Crippen LogP contribution in [0.15, 0.2) is 66.7 Å². The second-order valence-corrected chi connectivity index (χ2v) is 9.11. The van der Waals surface area contributed by atoms with Crippen LogP contribution in [0.1, 0.15) is 37.6 Å². The van der Waals surface area contributed by atoms with Gasteiger partial charge in [-0.1, -0.05) is 68.8 Å². The molecule has 0 aliphatic heterocycles. The first-order chi connectivity index (χ1) is 15.3. The Hall–Kier alpha value is -3.60. The van der Waals surface area contributed by atoms with Crippen LogP contribution in [-0.4, -0.2) is 22.8 Å². The van der Waals surface area contributed by atoms with E-state index in [1.54, 1.807) is 7.11 Å². The number of nitrogens with one attached hydrogen (secondary N) is 1. The maximum absolute atomic E-state index is 13.1. The van der Waals surface area contributed by atoms with Crippen LogP contribution in [-0.2, 0) is 16.6 Å². The van der Waals surface area contributed by atoms with Gasteiger partial charge in [0.05, 0.1) is 24.9 Å². The fourth-order valence-corrected chi connectivity index (χ4v) is 3.75. The van der Waals surface area contributed by atoms with Crippen LogP contribution in [0.5, 0.6) is 5.75 Å². The summed E-state index contributed by atoms with van der Waals surface area (Å²) in [6.45, 7) is 8.40. The Morgan fingerprint density at radius 1 is 1.00 bits per heavy atom. The zero-order chi connectivity index (χ0) is 22.9. The van der Waals surface area contributed by atoms with Crippen molar-refractivity contribution < 1.29 is 9.53 Å². The van der Waals surface area contributed by atoms with Crippen molar-refractivity contribution in [2.75, 3.05) is 12.4 Å². The highest BCUT2D eigenvalue weighted by Gasteiger charge is 2.22. The summed E-state index contributed by atoms with van der Waals surface area (Å²) in [5.74, 6) is 1.38. The number of ether oxygens (including phenoxy) is 1. The van der Waals surface area contributed by atoms with Crippen molar-refractivity contribution in [3.8, 4) is 11.4 Å². The Kier molecular flexibility index (Phi) is 5.74. The summed E-state index contributed by atoms with van der Waals surface area (Å²) in [6, 6.07) is 21.9. The number of methoxy groups -OCH3 is 1. The molecule has 0 fully saturated rings. The van der Waals surface area contributed by atoms with E-state index in [2.05, 4.69) is 33.0 Å². The number of fused-ring (bicyclic) bond motifs is 1. The van der Waals surface area contributed by atoms with E-state index in [9.17, 15) is 4.79 Å². The van der Waals surface area contributed by atoms with Gasteiger partial charge in [0, 0.05) is 16.9 Å². The van der Waals surface area contributed by atoms with Gasteiger partial charge < -0.3 is 10.1 Å². The molecule has 0 unspecified atom stereocenters. The average molecular weight is 428 g/mol. The number of aromatic nitrogens is 2. The third kappa shape index (κ3) is 4.37. The van der Waals surface area contributed by atoms with Crippen LogP contribution in [0.25, 0.3) is 16.5 Å². The normalized spacial score (nSPS) is 11.5. The number of benzene rings is 3.